The van der Waals surface area contributed by atoms with Gasteiger partial charge in [0.05, 0.1) is 6.61 Å². The van der Waals surface area contributed by atoms with Gasteiger partial charge in [-0.2, -0.15) is 0 Å². The number of hydrogen-bond acceptors (Lipinski definition) is 2. The van der Waals surface area contributed by atoms with Crippen molar-refractivity contribution in [3.05, 3.63) is 62.0 Å². The first kappa shape index (κ1) is 15.1. The molecule has 0 saturated carbocycles. The van der Waals surface area contributed by atoms with Gasteiger partial charge >= 0.3 is 0 Å². The first-order chi connectivity index (χ1) is 9.43. The Balaban J connectivity index is 2.50. The average Bonchev–Trinajstić information content (AvgIpc) is 2.41. The molecule has 0 aliphatic heterocycles. The maximum atomic E-state index is 13.8. The van der Waals surface area contributed by atoms with Crippen LogP contribution in [-0.4, -0.2) is 5.11 Å². The Morgan fingerprint density at radius 1 is 1.05 bits per heavy atom. The van der Waals surface area contributed by atoms with E-state index in [9.17, 15) is 13.2 Å². The molecule has 0 saturated heterocycles. The van der Waals surface area contributed by atoms with E-state index in [1.54, 1.807) is 6.07 Å². The molecule has 0 atom stereocenters. The quantitative estimate of drug-likeness (QED) is 0.621. The molecule has 20 heavy (non-hydrogen) atoms. The van der Waals surface area contributed by atoms with Crippen LogP contribution in [-0.2, 0) is 13.0 Å². The van der Waals surface area contributed by atoms with E-state index in [-0.39, 0.29) is 28.8 Å². The first-order valence-corrected chi connectivity index (χ1v) is 6.82. The number of anilines is 1. The molecule has 106 valence electrons. The Morgan fingerprint density at radius 3 is 2.35 bits per heavy atom. The first-order valence-electron chi connectivity index (χ1n) is 5.74. The monoisotopic (exact) mass is 393 g/mol. The minimum absolute atomic E-state index is 0.0515. The van der Waals surface area contributed by atoms with Gasteiger partial charge in [0.15, 0.2) is 11.6 Å². The lowest BCUT2D eigenvalue weighted by Gasteiger charge is -2.12. The minimum atomic E-state index is -1.11. The van der Waals surface area contributed by atoms with E-state index < -0.39 is 24.1 Å². The number of nitrogens with two attached hydrogens (primary N) is 1. The second-order valence-corrected chi connectivity index (χ2v) is 5.54. The van der Waals surface area contributed by atoms with Crippen LogP contribution in [0.3, 0.4) is 0 Å². The van der Waals surface area contributed by atoms with Gasteiger partial charge in [-0.05, 0) is 46.4 Å². The molecule has 0 fully saturated rings. The molecule has 0 aliphatic carbocycles. The summed E-state index contributed by atoms with van der Waals surface area (Å²) in [4.78, 5) is 0. The number of rotatable bonds is 3. The van der Waals surface area contributed by atoms with Crippen LogP contribution in [0.2, 0.25) is 0 Å². The van der Waals surface area contributed by atoms with E-state index >= 15 is 0 Å². The molecule has 0 heterocycles. The topological polar surface area (TPSA) is 46.2 Å². The fourth-order valence-electron chi connectivity index (χ4n) is 1.91. The predicted molar refractivity (Wildman–Crippen MR) is 78.6 cm³/mol. The normalized spacial score (nSPS) is 10.8. The molecule has 0 aromatic heterocycles. The summed E-state index contributed by atoms with van der Waals surface area (Å²) in [6, 6.07) is 5.31. The molecule has 2 aromatic carbocycles. The second-order valence-electron chi connectivity index (χ2n) is 4.29. The number of hydrogen-bond donors (Lipinski definition) is 2. The lowest BCUT2D eigenvalue weighted by Crippen LogP contribution is -2.07. The van der Waals surface area contributed by atoms with Crippen LogP contribution in [0.4, 0.5) is 18.9 Å². The molecular weight excluding hydrogens is 382 g/mol. The third kappa shape index (κ3) is 2.90. The van der Waals surface area contributed by atoms with E-state index in [2.05, 4.69) is 0 Å². The maximum Gasteiger partial charge on any atom is 0.164 e. The highest BCUT2D eigenvalue weighted by Gasteiger charge is 2.17. The number of benzene rings is 2. The third-order valence-corrected chi connectivity index (χ3v) is 3.67. The van der Waals surface area contributed by atoms with Crippen molar-refractivity contribution < 1.29 is 18.3 Å². The van der Waals surface area contributed by atoms with Crippen molar-refractivity contribution in [2.75, 3.05) is 5.73 Å². The van der Waals surface area contributed by atoms with E-state index in [1.807, 2.05) is 22.6 Å². The Kier molecular flexibility index (Phi) is 4.54. The van der Waals surface area contributed by atoms with Crippen molar-refractivity contribution in [2.24, 2.45) is 0 Å². The summed E-state index contributed by atoms with van der Waals surface area (Å²) in [5.74, 6) is -2.73. The Hall–Kier alpha value is -1.28. The molecule has 3 N–H and O–H groups in total. The summed E-state index contributed by atoms with van der Waals surface area (Å²) in [5.41, 5.74) is 5.81. The second kappa shape index (κ2) is 6.01. The van der Waals surface area contributed by atoms with Crippen molar-refractivity contribution in [3.8, 4) is 0 Å². The van der Waals surface area contributed by atoms with Crippen LogP contribution < -0.4 is 5.73 Å². The zero-order chi connectivity index (χ0) is 14.9. The fourth-order valence-corrected chi connectivity index (χ4v) is 2.36. The van der Waals surface area contributed by atoms with Crippen molar-refractivity contribution in [2.45, 2.75) is 13.0 Å². The number of aliphatic hydroxyl groups is 1. The van der Waals surface area contributed by atoms with Crippen LogP contribution >= 0.6 is 22.6 Å². The zero-order valence-corrected chi connectivity index (χ0v) is 12.4. The van der Waals surface area contributed by atoms with Crippen molar-refractivity contribution >= 4 is 28.3 Å². The fraction of sp³-hybridized carbons (Fsp3) is 0.143. The third-order valence-electron chi connectivity index (χ3n) is 3.00. The van der Waals surface area contributed by atoms with Crippen molar-refractivity contribution in [1.82, 2.24) is 0 Å². The number of nitrogen functional groups attached to an aromatic ring is 1. The minimum Gasteiger partial charge on any atom is -0.398 e. The molecule has 0 spiro atoms. The van der Waals surface area contributed by atoms with Gasteiger partial charge in [0.25, 0.3) is 0 Å². The van der Waals surface area contributed by atoms with E-state index in [1.165, 1.54) is 12.1 Å². The highest BCUT2D eigenvalue weighted by Crippen LogP contribution is 2.27. The Morgan fingerprint density at radius 2 is 1.75 bits per heavy atom. The summed E-state index contributed by atoms with van der Waals surface area (Å²) in [6.45, 7) is -0.509. The molecule has 2 nitrogen and oxygen atoms in total. The van der Waals surface area contributed by atoms with Crippen LogP contribution in [0, 0.1) is 21.0 Å². The summed E-state index contributed by atoms with van der Waals surface area (Å²) >= 11 is 1.95. The Bertz CT molecular complexity index is 661. The lowest BCUT2D eigenvalue weighted by molar-refractivity contribution is 0.281. The molecule has 0 amide bonds. The number of aliphatic hydroxyl groups excluding tert-OH is 1. The largest absolute Gasteiger partial charge is 0.398 e. The zero-order valence-electron chi connectivity index (χ0n) is 10.3. The van der Waals surface area contributed by atoms with Gasteiger partial charge in [-0.25, -0.2) is 13.2 Å². The smallest absolute Gasteiger partial charge is 0.164 e. The highest BCUT2D eigenvalue weighted by atomic mass is 127. The van der Waals surface area contributed by atoms with Crippen molar-refractivity contribution in [1.29, 1.82) is 0 Å². The maximum absolute atomic E-state index is 13.8. The number of halogens is 4. The summed E-state index contributed by atoms with van der Waals surface area (Å²) in [7, 11) is 0. The molecule has 0 aliphatic rings. The molecule has 2 rings (SSSR count). The molecular formula is C14H11F3INO. The van der Waals surface area contributed by atoms with Gasteiger partial charge in [-0.1, -0.05) is 6.07 Å². The van der Waals surface area contributed by atoms with E-state index in [4.69, 9.17) is 10.8 Å². The highest BCUT2D eigenvalue weighted by molar-refractivity contribution is 14.1. The molecule has 0 unspecified atom stereocenters. The van der Waals surface area contributed by atoms with Gasteiger partial charge in [-0.15, -0.1) is 0 Å². The summed E-state index contributed by atoms with van der Waals surface area (Å²) in [5, 5.41) is 9.07. The Labute approximate surface area is 127 Å². The average molecular weight is 393 g/mol. The molecule has 6 heteroatoms. The van der Waals surface area contributed by atoms with Gasteiger partial charge in [0.1, 0.15) is 5.82 Å². The van der Waals surface area contributed by atoms with Crippen LogP contribution in [0.5, 0.6) is 0 Å². The molecule has 2 aromatic rings. The van der Waals surface area contributed by atoms with Crippen LogP contribution in [0.1, 0.15) is 16.7 Å². The van der Waals surface area contributed by atoms with E-state index in [0.717, 1.165) is 6.07 Å². The van der Waals surface area contributed by atoms with E-state index in [0.29, 0.717) is 3.57 Å². The predicted octanol–water partition coefficient (Wildman–Crippen LogP) is 3.37. The summed E-state index contributed by atoms with van der Waals surface area (Å²) in [6.07, 6.45) is -0.175. The lowest BCUT2D eigenvalue weighted by atomic mass is 9.99. The molecule has 0 bridgehead atoms. The van der Waals surface area contributed by atoms with Gasteiger partial charge in [0, 0.05) is 26.8 Å². The van der Waals surface area contributed by atoms with Crippen LogP contribution in [0.15, 0.2) is 24.3 Å². The van der Waals surface area contributed by atoms with Crippen LogP contribution in [0.25, 0.3) is 0 Å². The van der Waals surface area contributed by atoms with Crippen molar-refractivity contribution in [3.63, 3.8) is 0 Å². The SMILES string of the molecule is Nc1c(CO)cc(F)c(F)c1Cc1ccc(I)cc1F. The van der Waals surface area contributed by atoms with Gasteiger partial charge < -0.3 is 10.8 Å². The van der Waals surface area contributed by atoms with Gasteiger partial charge in [-0.3, -0.25) is 0 Å². The molecule has 0 radical (unpaired) electrons. The van der Waals surface area contributed by atoms with Gasteiger partial charge in [0.2, 0.25) is 0 Å². The summed E-state index contributed by atoms with van der Waals surface area (Å²) < 4.78 is 41.7. The standard InChI is InChI=1S/C14H11F3INO/c15-11-5-9(18)2-1-7(11)3-10-13(17)12(16)4-8(6-20)14(10)19/h1-2,4-5,20H,3,6,19H2.